The third kappa shape index (κ3) is 0.899. The number of hydrogen-bond donors (Lipinski definition) is 0. The third-order valence-corrected chi connectivity index (χ3v) is 1.21. The fraction of sp³-hybridized carbons (Fsp3) is 0.250. The fourth-order valence-electron chi connectivity index (χ4n) is 0.277. The van der Waals surface area contributed by atoms with Gasteiger partial charge in [0, 0.05) is 0 Å². The highest BCUT2D eigenvalue weighted by Gasteiger charge is 1.86. The summed E-state index contributed by atoms with van der Waals surface area (Å²) in [6.45, 7) is 0. The lowest BCUT2D eigenvalue weighted by Gasteiger charge is -1.84. The van der Waals surface area contributed by atoms with Crippen molar-refractivity contribution < 1.29 is 4.74 Å². The molecule has 0 aliphatic heterocycles. The molecule has 0 atom stereocenters. The number of thiazole rings is 1. The minimum Gasteiger partial charge on any atom is -0.473 e. The lowest BCUT2D eigenvalue weighted by molar-refractivity contribution is 0.412. The van der Waals surface area contributed by atoms with E-state index in [0.717, 1.165) is 0 Å². The van der Waals surface area contributed by atoms with Gasteiger partial charge in [-0.15, -0.1) is 0 Å². The van der Waals surface area contributed by atoms with E-state index in [9.17, 15) is 0 Å². The summed E-state index contributed by atoms with van der Waals surface area (Å²) in [7, 11) is 1.59. The predicted molar refractivity (Wildman–Crippen MR) is 27.5 cm³/mol. The van der Waals surface area contributed by atoms with Crippen LogP contribution in [0.3, 0.4) is 0 Å². The molecule has 0 aliphatic rings. The summed E-state index contributed by atoms with van der Waals surface area (Å²) in [6.07, 6.45) is 1.59. The standard InChI is InChI=1S/C4H4NOS/c1-6-4-5-2-3-7-4/h2H,1H3. The molecule has 1 radical (unpaired) electrons. The van der Waals surface area contributed by atoms with Crippen LogP contribution in [0.15, 0.2) is 6.20 Å². The van der Waals surface area contributed by atoms with Gasteiger partial charge in [-0.2, -0.15) is 0 Å². The van der Waals surface area contributed by atoms with Crippen molar-refractivity contribution >= 4 is 11.3 Å². The van der Waals surface area contributed by atoms with Crippen LogP contribution in [0.4, 0.5) is 0 Å². The second kappa shape index (κ2) is 1.93. The Morgan fingerprint density at radius 1 is 2.00 bits per heavy atom. The number of ether oxygens (including phenoxy) is 1. The Morgan fingerprint density at radius 2 is 2.86 bits per heavy atom. The maximum absolute atomic E-state index is 4.73. The molecule has 1 aromatic rings. The molecule has 0 bridgehead atoms. The van der Waals surface area contributed by atoms with Crippen molar-refractivity contribution in [2.45, 2.75) is 0 Å². The van der Waals surface area contributed by atoms with Crippen LogP contribution < -0.4 is 4.74 Å². The molecule has 0 aliphatic carbocycles. The van der Waals surface area contributed by atoms with E-state index in [1.807, 2.05) is 0 Å². The van der Waals surface area contributed by atoms with Gasteiger partial charge in [-0.1, -0.05) is 11.3 Å². The Morgan fingerprint density at radius 3 is 3.14 bits per heavy atom. The zero-order chi connectivity index (χ0) is 5.11. The van der Waals surface area contributed by atoms with Crippen molar-refractivity contribution in [1.82, 2.24) is 4.98 Å². The van der Waals surface area contributed by atoms with E-state index in [1.165, 1.54) is 11.3 Å². The molecular weight excluding hydrogens is 110 g/mol. The molecule has 1 heterocycles. The van der Waals surface area contributed by atoms with Gasteiger partial charge in [0.1, 0.15) is 0 Å². The fourth-order valence-corrected chi connectivity index (χ4v) is 0.672. The Hall–Kier alpha value is -0.570. The largest absolute Gasteiger partial charge is 0.473 e. The number of nitrogens with zero attached hydrogens (tertiary/aromatic N) is 1. The minimum atomic E-state index is 0.667. The van der Waals surface area contributed by atoms with Gasteiger partial charge in [0.25, 0.3) is 5.19 Å². The first-order valence-corrected chi connectivity index (χ1v) is 2.61. The monoisotopic (exact) mass is 114 g/mol. The zero-order valence-corrected chi connectivity index (χ0v) is 4.66. The van der Waals surface area contributed by atoms with E-state index in [-0.39, 0.29) is 0 Å². The number of aromatic nitrogens is 1. The van der Waals surface area contributed by atoms with Crippen LogP contribution in [-0.4, -0.2) is 12.1 Å². The molecule has 1 rings (SSSR count). The van der Waals surface area contributed by atoms with Crippen LogP contribution in [0.1, 0.15) is 0 Å². The Bertz CT molecular complexity index is 126. The first-order valence-electron chi connectivity index (χ1n) is 1.79. The lowest BCUT2D eigenvalue weighted by Crippen LogP contribution is -1.76. The van der Waals surface area contributed by atoms with Crippen molar-refractivity contribution in [2.75, 3.05) is 7.11 Å². The smallest absolute Gasteiger partial charge is 0.273 e. The van der Waals surface area contributed by atoms with Crippen molar-refractivity contribution in [3.8, 4) is 5.19 Å². The summed E-state index contributed by atoms with van der Waals surface area (Å²) in [5.74, 6) is 0. The molecule has 0 spiro atoms. The molecule has 2 nitrogen and oxygen atoms in total. The predicted octanol–water partition coefficient (Wildman–Crippen LogP) is 0.952. The SMILES string of the molecule is COc1nc[c]s1. The minimum absolute atomic E-state index is 0.667. The lowest BCUT2D eigenvalue weighted by atomic mass is 11.0. The highest BCUT2D eigenvalue weighted by Crippen LogP contribution is 2.10. The second-order valence-electron chi connectivity index (χ2n) is 0.948. The molecule has 1 aromatic heterocycles. The Kier molecular flexibility index (Phi) is 1.26. The van der Waals surface area contributed by atoms with Crippen molar-refractivity contribution in [3.63, 3.8) is 0 Å². The van der Waals surface area contributed by atoms with E-state index in [4.69, 9.17) is 4.74 Å². The molecular formula is C4H4NOS. The Labute approximate surface area is 45.8 Å². The van der Waals surface area contributed by atoms with Crippen LogP contribution in [0, 0.1) is 5.38 Å². The maximum atomic E-state index is 4.73. The third-order valence-electron chi connectivity index (χ3n) is 0.544. The van der Waals surface area contributed by atoms with E-state index < -0.39 is 0 Å². The Balaban J connectivity index is 2.76. The average Bonchev–Trinajstić information content (AvgIpc) is 2.14. The molecule has 7 heavy (non-hydrogen) atoms. The second-order valence-corrected chi connectivity index (χ2v) is 1.74. The zero-order valence-electron chi connectivity index (χ0n) is 3.84. The van der Waals surface area contributed by atoms with E-state index in [2.05, 4.69) is 10.4 Å². The maximum Gasteiger partial charge on any atom is 0.273 e. The van der Waals surface area contributed by atoms with Gasteiger partial charge in [-0.05, 0) is 0 Å². The van der Waals surface area contributed by atoms with Gasteiger partial charge in [0.05, 0.1) is 18.7 Å². The molecule has 0 saturated heterocycles. The highest BCUT2D eigenvalue weighted by atomic mass is 32.1. The van der Waals surface area contributed by atoms with Gasteiger partial charge in [-0.25, -0.2) is 4.98 Å². The van der Waals surface area contributed by atoms with Gasteiger partial charge >= 0.3 is 0 Å². The number of rotatable bonds is 1. The van der Waals surface area contributed by atoms with Gasteiger partial charge in [0.2, 0.25) is 0 Å². The number of hydrogen-bond acceptors (Lipinski definition) is 3. The summed E-state index contributed by atoms with van der Waals surface area (Å²) in [5, 5.41) is 3.45. The topological polar surface area (TPSA) is 22.1 Å². The van der Waals surface area contributed by atoms with E-state index >= 15 is 0 Å². The van der Waals surface area contributed by atoms with E-state index in [1.54, 1.807) is 13.3 Å². The number of methoxy groups -OCH3 is 1. The molecule has 0 amide bonds. The first kappa shape index (κ1) is 4.59. The van der Waals surface area contributed by atoms with Crippen molar-refractivity contribution in [2.24, 2.45) is 0 Å². The summed E-state index contributed by atoms with van der Waals surface area (Å²) in [6, 6.07) is 0. The van der Waals surface area contributed by atoms with Gasteiger partial charge in [0.15, 0.2) is 0 Å². The van der Waals surface area contributed by atoms with Crippen LogP contribution in [-0.2, 0) is 0 Å². The average molecular weight is 114 g/mol. The summed E-state index contributed by atoms with van der Waals surface area (Å²) < 4.78 is 4.73. The van der Waals surface area contributed by atoms with E-state index in [0.29, 0.717) is 5.19 Å². The van der Waals surface area contributed by atoms with Crippen molar-refractivity contribution in [1.29, 1.82) is 0 Å². The van der Waals surface area contributed by atoms with Crippen LogP contribution >= 0.6 is 11.3 Å². The summed E-state index contributed by atoms with van der Waals surface area (Å²) in [4.78, 5) is 3.78. The molecule has 37 valence electrons. The molecule has 0 fully saturated rings. The van der Waals surface area contributed by atoms with Crippen LogP contribution in [0.25, 0.3) is 0 Å². The quantitative estimate of drug-likeness (QED) is 0.542. The van der Waals surface area contributed by atoms with Gasteiger partial charge < -0.3 is 4.74 Å². The molecule has 0 N–H and O–H groups in total. The summed E-state index contributed by atoms with van der Waals surface area (Å²) >= 11 is 1.36. The van der Waals surface area contributed by atoms with Crippen LogP contribution in [0.2, 0.25) is 0 Å². The first-order chi connectivity index (χ1) is 3.43. The van der Waals surface area contributed by atoms with Crippen LogP contribution in [0.5, 0.6) is 5.19 Å². The molecule has 0 saturated carbocycles. The summed E-state index contributed by atoms with van der Waals surface area (Å²) in [5.41, 5.74) is 0. The van der Waals surface area contributed by atoms with Gasteiger partial charge in [-0.3, -0.25) is 0 Å². The highest BCUT2D eigenvalue weighted by molar-refractivity contribution is 7.10. The molecule has 3 heteroatoms. The van der Waals surface area contributed by atoms with Crippen molar-refractivity contribution in [3.05, 3.63) is 11.6 Å². The normalized spacial score (nSPS) is 8.71. The molecule has 0 aromatic carbocycles. The molecule has 0 unspecified atom stereocenters.